The van der Waals surface area contributed by atoms with E-state index >= 15 is 0 Å². The minimum absolute atomic E-state index is 0.0758. The summed E-state index contributed by atoms with van der Waals surface area (Å²) in [5, 5.41) is 14.3. The Morgan fingerprint density at radius 2 is 2.00 bits per heavy atom. The molecule has 1 fully saturated rings. The molecule has 0 unspecified atom stereocenters. The van der Waals surface area contributed by atoms with E-state index in [9.17, 15) is 5.11 Å². The molecule has 7 heteroatoms. The van der Waals surface area contributed by atoms with Crippen molar-refractivity contribution in [3.63, 3.8) is 0 Å². The third-order valence-corrected chi connectivity index (χ3v) is 5.36. The molecule has 3 aromatic rings. The third kappa shape index (κ3) is 4.52. The molecule has 0 aromatic carbocycles. The molecular weight excluding hydrogens is 366 g/mol. The second kappa shape index (κ2) is 7.31. The number of hydrogen-bond acceptors (Lipinski definition) is 6. The SMILES string of the molecule is CC(C)(O)COc1cc(-c2ccc(N3CCC(C)(N)CC3)nc2)c2ccnn2c1. The topological polar surface area (TPSA) is 88.9 Å². The first-order valence-corrected chi connectivity index (χ1v) is 10.0. The molecule has 0 bridgehead atoms. The summed E-state index contributed by atoms with van der Waals surface area (Å²) in [6.07, 6.45) is 7.41. The van der Waals surface area contributed by atoms with Gasteiger partial charge in [0.1, 0.15) is 18.2 Å². The van der Waals surface area contributed by atoms with Crippen molar-refractivity contribution in [1.29, 1.82) is 0 Å². The van der Waals surface area contributed by atoms with Crippen LogP contribution in [0.1, 0.15) is 33.6 Å². The number of anilines is 1. The van der Waals surface area contributed by atoms with E-state index in [-0.39, 0.29) is 12.1 Å². The molecule has 0 saturated carbocycles. The van der Waals surface area contributed by atoms with Crippen LogP contribution >= 0.6 is 0 Å². The van der Waals surface area contributed by atoms with Gasteiger partial charge in [-0.05, 0) is 57.9 Å². The molecule has 0 amide bonds. The van der Waals surface area contributed by atoms with Crippen molar-refractivity contribution < 1.29 is 9.84 Å². The highest BCUT2D eigenvalue weighted by atomic mass is 16.5. The molecule has 4 heterocycles. The Morgan fingerprint density at radius 3 is 2.66 bits per heavy atom. The second-order valence-corrected chi connectivity index (χ2v) is 8.90. The van der Waals surface area contributed by atoms with E-state index in [0.29, 0.717) is 5.75 Å². The van der Waals surface area contributed by atoms with Gasteiger partial charge in [0.2, 0.25) is 0 Å². The lowest BCUT2D eigenvalue weighted by Crippen LogP contribution is -2.48. The van der Waals surface area contributed by atoms with Gasteiger partial charge in [0.05, 0.1) is 23.5 Å². The summed E-state index contributed by atoms with van der Waals surface area (Å²) in [5.74, 6) is 1.63. The van der Waals surface area contributed by atoms with Crippen LogP contribution in [-0.2, 0) is 0 Å². The summed E-state index contributed by atoms with van der Waals surface area (Å²) in [6.45, 7) is 7.60. The molecule has 1 aliphatic rings. The number of piperidine rings is 1. The number of rotatable bonds is 5. The summed E-state index contributed by atoms with van der Waals surface area (Å²) in [4.78, 5) is 6.99. The molecule has 1 aliphatic heterocycles. The number of aromatic nitrogens is 3. The van der Waals surface area contributed by atoms with Gasteiger partial charge in [0, 0.05) is 36.0 Å². The first-order valence-electron chi connectivity index (χ1n) is 10.0. The van der Waals surface area contributed by atoms with E-state index < -0.39 is 5.60 Å². The normalized spacial score (nSPS) is 16.9. The smallest absolute Gasteiger partial charge is 0.138 e. The van der Waals surface area contributed by atoms with Gasteiger partial charge in [0.25, 0.3) is 0 Å². The van der Waals surface area contributed by atoms with Crippen LogP contribution in [0.2, 0.25) is 0 Å². The predicted octanol–water partition coefficient (Wildman–Crippen LogP) is 2.86. The first kappa shape index (κ1) is 19.7. The van der Waals surface area contributed by atoms with Crippen molar-refractivity contribution in [2.24, 2.45) is 5.73 Å². The molecule has 154 valence electrons. The highest BCUT2D eigenvalue weighted by molar-refractivity contribution is 5.81. The zero-order chi connectivity index (χ0) is 20.6. The number of nitrogens with zero attached hydrogens (tertiary/aromatic N) is 4. The van der Waals surface area contributed by atoms with Crippen LogP contribution < -0.4 is 15.4 Å². The molecule has 29 heavy (non-hydrogen) atoms. The van der Waals surface area contributed by atoms with Gasteiger partial charge >= 0.3 is 0 Å². The number of nitrogens with two attached hydrogens (primary N) is 1. The summed E-state index contributed by atoms with van der Waals surface area (Å²) < 4.78 is 7.58. The number of aliphatic hydroxyl groups is 1. The fourth-order valence-corrected chi connectivity index (χ4v) is 3.55. The van der Waals surface area contributed by atoms with E-state index in [1.54, 1.807) is 24.6 Å². The van der Waals surface area contributed by atoms with Crippen molar-refractivity contribution in [1.82, 2.24) is 14.6 Å². The van der Waals surface area contributed by atoms with Gasteiger partial charge in [-0.3, -0.25) is 0 Å². The van der Waals surface area contributed by atoms with E-state index in [1.807, 2.05) is 24.5 Å². The summed E-state index contributed by atoms with van der Waals surface area (Å²) in [6, 6.07) is 8.09. The lowest BCUT2D eigenvalue weighted by molar-refractivity contribution is 0.0283. The van der Waals surface area contributed by atoms with Crippen molar-refractivity contribution in [2.45, 2.75) is 44.8 Å². The van der Waals surface area contributed by atoms with Crippen LogP contribution in [0, 0.1) is 0 Å². The maximum Gasteiger partial charge on any atom is 0.138 e. The molecule has 0 atom stereocenters. The van der Waals surface area contributed by atoms with E-state index in [2.05, 4.69) is 29.1 Å². The average Bonchev–Trinajstić information content (AvgIpc) is 3.14. The van der Waals surface area contributed by atoms with Crippen LogP contribution in [0.5, 0.6) is 5.75 Å². The van der Waals surface area contributed by atoms with Crippen LogP contribution in [0.3, 0.4) is 0 Å². The number of ether oxygens (including phenoxy) is 1. The Balaban J connectivity index is 1.60. The first-order chi connectivity index (χ1) is 13.7. The van der Waals surface area contributed by atoms with Gasteiger partial charge in [-0.2, -0.15) is 5.10 Å². The molecule has 0 aliphatic carbocycles. The quantitative estimate of drug-likeness (QED) is 0.691. The monoisotopic (exact) mass is 395 g/mol. The lowest BCUT2D eigenvalue weighted by Gasteiger charge is -2.37. The van der Waals surface area contributed by atoms with Crippen molar-refractivity contribution in [3.8, 4) is 16.9 Å². The standard InChI is InChI=1S/C22H29N5O2/c1-21(2,28)15-29-17-12-18(19-6-9-25-27(19)14-17)16-4-5-20(24-13-16)26-10-7-22(3,23)8-11-26/h4-6,9,12-14,28H,7-8,10-11,15,23H2,1-3H3. The zero-order valence-electron chi connectivity index (χ0n) is 17.3. The molecule has 3 N–H and O–H groups in total. The molecule has 1 saturated heterocycles. The minimum Gasteiger partial charge on any atom is -0.489 e. The van der Waals surface area contributed by atoms with Crippen molar-refractivity contribution in [2.75, 3.05) is 24.6 Å². The second-order valence-electron chi connectivity index (χ2n) is 8.90. The minimum atomic E-state index is -0.906. The number of hydrogen-bond donors (Lipinski definition) is 2. The Morgan fingerprint density at radius 1 is 1.24 bits per heavy atom. The average molecular weight is 396 g/mol. The van der Waals surface area contributed by atoms with Gasteiger partial charge in [0.15, 0.2) is 0 Å². The van der Waals surface area contributed by atoms with Crippen molar-refractivity contribution >= 4 is 11.3 Å². The van der Waals surface area contributed by atoms with Gasteiger partial charge < -0.3 is 20.5 Å². The molecule has 0 spiro atoms. The maximum absolute atomic E-state index is 9.96. The predicted molar refractivity (Wildman–Crippen MR) is 114 cm³/mol. The molecule has 0 radical (unpaired) electrons. The lowest BCUT2D eigenvalue weighted by atomic mass is 9.91. The Labute approximate surface area is 171 Å². The third-order valence-electron chi connectivity index (χ3n) is 5.36. The Hall–Kier alpha value is -2.64. The van der Waals surface area contributed by atoms with Gasteiger partial charge in [-0.1, -0.05) is 0 Å². The largest absolute Gasteiger partial charge is 0.489 e. The van der Waals surface area contributed by atoms with Gasteiger partial charge in [-0.25, -0.2) is 9.50 Å². The fourth-order valence-electron chi connectivity index (χ4n) is 3.55. The van der Waals surface area contributed by atoms with E-state index in [4.69, 9.17) is 15.5 Å². The van der Waals surface area contributed by atoms with E-state index in [1.165, 1.54) is 0 Å². The summed E-state index contributed by atoms with van der Waals surface area (Å²) in [5.41, 5.74) is 8.22. The van der Waals surface area contributed by atoms with Crippen LogP contribution in [0.15, 0.2) is 42.9 Å². The molecule has 4 rings (SSSR count). The fraction of sp³-hybridized carbons (Fsp3) is 0.455. The van der Waals surface area contributed by atoms with Crippen LogP contribution in [-0.4, -0.2) is 50.5 Å². The zero-order valence-corrected chi connectivity index (χ0v) is 17.3. The van der Waals surface area contributed by atoms with Crippen LogP contribution in [0.4, 0.5) is 5.82 Å². The Kier molecular flexibility index (Phi) is 4.96. The van der Waals surface area contributed by atoms with Gasteiger partial charge in [-0.15, -0.1) is 0 Å². The summed E-state index contributed by atoms with van der Waals surface area (Å²) >= 11 is 0. The molecule has 7 nitrogen and oxygen atoms in total. The highest BCUT2D eigenvalue weighted by Crippen LogP contribution is 2.30. The maximum atomic E-state index is 9.96. The van der Waals surface area contributed by atoms with Crippen LogP contribution in [0.25, 0.3) is 16.6 Å². The number of pyridine rings is 2. The highest BCUT2D eigenvalue weighted by Gasteiger charge is 2.26. The Bertz CT molecular complexity index is 979. The summed E-state index contributed by atoms with van der Waals surface area (Å²) in [7, 11) is 0. The molecular formula is C22H29N5O2. The molecule has 3 aromatic heterocycles. The van der Waals surface area contributed by atoms with Crippen molar-refractivity contribution in [3.05, 3.63) is 42.9 Å². The number of fused-ring (bicyclic) bond motifs is 1. The van der Waals surface area contributed by atoms with E-state index in [0.717, 1.165) is 48.4 Å².